The molecule has 0 aliphatic carbocycles. The van der Waals surface area contributed by atoms with Crippen LogP contribution in [0.3, 0.4) is 0 Å². The first-order valence-electron chi connectivity index (χ1n) is 11.8. The summed E-state index contributed by atoms with van der Waals surface area (Å²) in [6.07, 6.45) is 0. The molecular formula is C26H30BrN7O2. The zero-order chi connectivity index (χ0) is 25.0. The summed E-state index contributed by atoms with van der Waals surface area (Å²) in [6, 6.07) is 22.5. The highest BCUT2D eigenvalue weighted by Crippen LogP contribution is 2.22. The maximum atomic E-state index is 5.58. The van der Waals surface area contributed by atoms with Crippen LogP contribution < -0.4 is 21.7 Å². The molecule has 0 amide bonds. The van der Waals surface area contributed by atoms with Gasteiger partial charge in [-0.2, -0.15) is 15.0 Å². The zero-order valence-electron chi connectivity index (χ0n) is 19.9. The maximum absolute atomic E-state index is 5.58. The van der Waals surface area contributed by atoms with Crippen LogP contribution in [-0.2, 0) is 16.0 Å². The Morgan fingerprint density at radius 3 is 2.19 bits per heavy atom. The summed E-state index contributed by atoms with van der Waals surface area (Å²) in [6.45, 7) is 3.69. The van der Waals surface area contributed by atoms with Crippen molar-refractivity contribution in [3.8, 4) is 0 Å². The van der Waals surface area contributed by atoms with Gasteiger partial charge in [0.2, 0.25) is 17.8 Å². The van der Waals surface area contributed by atoms with Crippen LogP contribution in [0.5, 0.6) is 0 Å². The highest BCUT2D eigenvalue weighted by molar-refractivity contribution is 9.10. The van der Waals surface area contributed by atoms with Crippen LogP contribution >= 0.6 is 15.9 Å². The van der Waals surface area contributed by atoms with Crippen LogP contribution in [-0.4, -0.2) is 54.5 Å². The highest BCUT2D eigenvalue weighted by Gasteiger charge is 2.08. The molecule has 0 unspecified atom stereocenters. The van der Waals surface area contributed by atoms with Gasteiger partial charge >= 0.3 is 0 Å². The fourth-order valence-corrected chi connectivity index (χ4v) is 3.67. The average molecular weight is 552 g/mol. The molecule has 3 aromatic carbocycles. The summed E-state index contributed by atoms with van der Waals surface area (Å²) < 4.78 is 11.9. The number of rotatable bonds is 14. The molecule has 0 saturated carbocycles. The predicted octanol–water partition coefficient (Wildman–Crippen LogP) is 4.55. The molecule has 0 aliphatic rings. The molecule has 188 valence electrons. The Labute approximate surface area is 219 Å². The molecule has 5 N–H and O–H groups in total. The van der Waals surface area contributed by atoms with Crippen molar-refractivity contribution in [1.82, 2.24) is 15.0 Å². The lowest BCUT2D eigenvalue weighted by Crippen LogP contribution is -2.17. The van der Waals surface area contributed by atoms with Crippen molar-refractivity contribution in [2.75, 3.05) is 55.5 Å². The molecular weight excluding hydrogens is 522 g/mol. The van der Waals surface area contributed by atoms with E-state index in [1.54, 1.807) is 0 Å². The van der Waals surface area contributed by atoms with Crippen molar-refractivity contribution >= 4 is 50.2 Å². The number of nitrogens with one attached hydrogen (secondary N) is 3. The molecule has 0 radical (unpaired) electrons. The summed E-state index contributed by atoms with van der Waals surface area (Å²) >= 11 is 3.47. The van der Waals surface area contributed by atoms with E-state index in [4.69, 9.17) is 15.2 Å². The molecule has 10 heteroatoms. The third-order valence-electron chi connectivity index (χ3n) is 5.17. The van der Waals surface area contributed by atoms with Gasteiger partial charge in [-0.25, -0.2) is 0 Å². The third kappa shape index (κ3) is 8.13. The van der Waals surface area contributed by atoms with Crippen LogP contribution in [0.4, 0.5) is 23.5 Å². The molecule has 0 atom stereocenters. The van der Waals surface area contributed by atoms with Crippen LogP contribution in [0.1, 0.15) is 5.56 Å². The Morgan fingerprint density at radius 2 is 1.42 bits per heavy atom. The highest BCUT2D eigenvalue weighted by atomic mass is 79.9. The lowest BCUT2D eigenvalue weighted by Gasteiger charge is -2.12. The Balaban J connectivity index is 1.42. The van der Waals surface area contributed by atoms with Gasteiger partial charge in [-0.15, -0.1) is 0 Å². The van der Waals surface area contributed by atoms with E-state index in [0.29, 0.717) is 63.9 Å². The number of fused-ring (bicyclic) bond motifs is 1. The van der Waals surface area contributed by atoms with Gasteiger partial charge in [0.25, 0.3) is 0 Å². The maximum Gasteiger partial charge on any atom is 0.233 e. The first-order chi connectivity index (χ1) is 17.7. The second-order valence-corrected chi connectivity index (χ2v) is 8.83. The summed E-state index contributed by atoms with van der Waals surface area (Å²) in [5.41, 5.74) is 7.41. The molecule has 4 rings (SSSR count). The van der Waals surface area contributed by atoms with E-state index in [-0.39, 0.29) is 0 Å². The lowest BCUT2D eigenvalue weighted by molar-refractivity contribution is 0.0547. The summed E-state index contributed by atoms with van der Waals surface area (Å²) in [5, 5.41) is 12.1. The predicted molar refractivity (Wildman–Crippen MR) is 148 cm³/mol. The van der Waals surface area contributed by atoms with Crippen LogP contribution in [0, 0.1) is 0 Å². The summed E-state index contributed by atoms with van der Waals surface area (Å²) in [5.74, 6) is 1.36. The third-order valence-corrected chi connectivity index (χ3v) is 5.70. The van der Waals surface area contributed by atoms with Gasteiger partial charge < -0.3 is 31.2 Å². The second kappa shape index (κ2) is 13.7. The van der Waals surface area contributed by atoms with Crippen molar-refractivity contribution in [3.63, 3.8) is 0 Å². The molecule has 1 aromatic heterocycles. The monoisotopic (exact) mass is 551 g/mol. The minimum absolute atomic E-state index is 0.442. The van der Waals surface area contributed by atoms with Crippen LogP contribution in [0.2, 0.25) is 0 Å². The van der Waals surface area contributed by atoms with Crippen molar-refractivity contribution in [3.05, 3.63) is 76.8 Å². The lowest BCUT2D eigenvalue weighted by atomic mass is 10.1. The number of hydrogen-bond donors (Lipinski definition) is 4. The first kappa shape index (κ1) is 25.8. The Hall–Kier alpha value is -3.31. The zero-order valence-corrected chi connectivity index (χ0v) is 21.5. The number of nitrogens with two attached hydrogens (primary N) is 1. The number of anilines is 4. The summed E-state index contributed by atoms with van der Waals surface area (Å²) in [7, 11) is 0. The van der Waals surface area contributed by atoms with Gasteiger partial charge in [-0.3, -0.25) is 0 Å². The normalized spacial score (nSPS) is 10.9. The average Bonchev–Trinajstić information content (AvgIpc) is 2.90. The minimum atomic E-state index is 0.442. The molecule has 0 spiro atoms. The molecule has 0 fully saturated rings. The van der Waals surface area contributed by atoms with E-state index in [1.807, 2.05) is 42.5 Å². The van der Waals surface area contributed by atoms with Gasteiger partial charge in [0.1, 0.15) is 0 Å². The molecule has 0 bridgehead atoms. The van der Waals surface area contributed by atoms with Crippen LogP contribution in [0.25, 0.3) is 10.8 Å². The number of aromatic nitrogens is 3. The van der Waals surface area contributed by atoms with E-state index in [9.17, 15) is 0 Å². The molecule has 0 aliphatic heterocycles. The Kier molecular flexibility index (Phi) is 9.80. The molecule has 36 heavy (non-hydrogen) atoms. The molecule has 0 saturated heterocycles. The fourth-order valence-electron chi connectivity index (χ4n) is 3.41. The number of halogens is 1. The van der Waals surface area contributed by atoms with E-state index < -0.39 is 0 Å². The molecule has 1 heterocycles. The van der Waals surface area contributed by atoms with Gasteiger partial charge in [-0.05, 0) is 40.6 Å². The fraction of sp³-hybridized carbons (Fsp3) is 0.269. The molecule has 4 aromatic rings. The number of benzene rings is 3. The van der Waals surface area contributed by atoms with Gasteiger partial charge in [0, 0.05) is 29.8 Å². The largest absolute Gasteiger partial charge is 0.378 e. The van der Waals surface area contributed by atoms with Crippen molar-refractivity contribution in [2.45, 2.75) is 6.54 Å². The molecule has 9 nitrogen and oxygen atoms in total. The van der Waals surface area contributed by atoms with Gasteiger partial charge in [-0.1, -0.05) is 58.4 Å². The topological polar surface area (TPSA) is 119 Å². The van der Waals surface area contributed by atoms with E-state index in [0.717, 1.165) is 21.1 Å². The van der Waals surface area contributed by atoms with Crippen molar-refractivity contribution in [1.29, 1.82) is 0 Å². The quantitative estimate of drug-likeness (QED) is 0.167. The van der Waals surface area contributed by atoms with Crippen LogP contribution in [0.15, 0.2) is 71.2 Å². The van der Waals surface area contributed by atoms with E-state index in [1.165, 1.54) is 5.39 Å². The SMILES string of the molecule is NCCOCCOCCNc1nc(NCc2ccc(Br)cc2)nc(Nc2ccc3ccccc3c2)n1. The van der Waals surface area contributed by atoms with E-state index >= 15 is 0 Å². The van der Waals surface area contributed by atoms with E-state index in [2.05, 4.69) is 71.1 Å². The standard InChI is InChI=1S/C26H30BrN7O2/c27-22-8-5-19(6-9-22)18-30-25-32-24(29-12-14-36-16-15-35-13-11-28)33-26(34-25)31-23-10-7-20-3-1-2-4-21(20)17-23/h1-10,17H,11-16,18,28H2,(H3,29,30,31,32,33,34). The minimum Gasteiger partial charge on any atom is -0.378 e. The second-order valence-electron chi connectivity index (χ2n) is 7.91. The van der Waals surface area contributed by atoms with Crippen molar-refractivity contribution < 1.29 is 9.47 Å². The summed E-state index contributed by atoms with van der Waals surface area (Å²) in [4.78, 5) is 13.7. The first-order valence-corrected chi connectivity index (χ1v) is 12.6. The van der Waals surface area contributed by atoms with Gasteiger partial charge in [0.05, 0.1) is 26.4 Å². The number of ether oxygens (including phenoxy) is 2. The Morgan fingerprint density at radius 1 is 0.722 bits per heavy atom. The van der Waals surface area contributed by atoms with Gasteiger partial charge in [0.15, 0.2) is 0 Å². The Bertz CT molecular complexity index is 1240. The number of nitrogens with zero attached hydrogens (tertiary/aromatic N) is 3. The van der Waals surface area contributed by atoms with Crippen molar-refractivity contribution in [2.24, 2.45) is 5.73 Å². The number of hydrogen-bond acceptors (Lipinski definition) is 9. The smallest absolute Gasteiger partial charge is 0.233 e.